The first kappa shape index (κ1) is 10.7. The van der Waals surface area contributed by atoms with Gasteiger partial charge in [0, 0.05) is 11.1 Å². The lowest BCUT2D eigenvalue weighted by molar-refractivity contribution is -0.115. The van der Waals surface area contributed by atoms with Crippen LogP contribution in [0.1, 0.15) is 24.8 Å². The van der Waals surface area contributed by atoms with Crippen molar-refractivity contribution in [2.75, 3.05) is 0 Å². The average molecular weight is 242 g/mol. The maximum atomic E-state index is 11.4. The van der Waals surface area contributed by atoms with Gasteiger partial charge >= 0.3 is 0 Å². The quantitative estimate of drug-likeness (QED) is 0.774. The molecule has 2 aromatic rings. The molecule has 0 saturated carbocycles. The van der Waals surface area contributed by atoms with E-state index in [2.05, 4.69) is 29.6 Å². The van der Waals surface area contributed by atoms with Gasteiger partial charge in [-0.3, -0.25) is 4.79 Å². The lowest BCUT2D eigenvalue weighted by atomic mass is 9.93. The monoisotopic (exact) mass is 242 g/mol. The van der Waals surface area contributed by atoms with Crippen molar-refractivity contribution in [2.45, 2.75) is 25.7 Å². The summed E-state index contributed by atoms with van der Waals surface area (Å²) < 4.78 is 1.34. The third kappa shape index (κ3) is 2.18. The molecular formula is C15H14OS. The standard InChI is InChI=1S/C15H14OS/c16-13-5-3-4-11(9-13)8-12-10-17-15-7-2-1-6-14(12)15/h1-2,6-7,9-10H,3-5,8H2. The molecule has 1 aromatic carbocycles. The molecule has 0 atom stereocenters. The third-order valence-electron chi connectivity index (χ3n) is 3.26. The van der Waals surface area contributed by atoms with Crippen LogP contribution in [0, 0.1) is 0 Å². The highest BCUT2D eigenvalue weighted by atomic mass is 32.1. The highest BCUT2D eigenvalue weighted by Crippen LogP contribution is 2.29. The maximum absolute atomic E-state index is 11.4. The number of carbonyl (C=O) groups is 1. The van der Waals surface area contributed by atoms with Gasteiger partial charge in [0.05, 0.1) is 0 Å². The first-order chi connectivity index (χ1) is 8.33. The predicted molar refractivity (Wildman–Crippen MR) is 72.5 cm³/mol. The lowest BCUT2D eigenvalue weighted by Gasteiger charge is -2.11. The summed E-state index contributed by atoms with van der Waals surface area (Å²) in [6, 6.07) is 8.49. The van der Waals surface area contributed by atoms with E-state index >= 15 is 0 Å². The highest BCUT2D eigenvalue weighted by Gasteiger charge is 2.12. The predicted octanol–water partition coefficient (Wildman–Crippen LogP) is 4.12. The van der Waals surface area contributed by atoms with Crippen LogP contribution in [0.3, 0.4) is 0 Å². The number of allylic oxidation sites excluding steroid dienone is 2. The van der Waals surface area contributed by atoms with Gasteiger partial charge < -0.3 is 0 Å². The fraction of sp³-hybridized carbons (Fsp3) is 0.267. The second-order valence-corrected chi connectivity index (χ2v) is 5.47. The largest absolute Gasteiger partial charge is 0.295 e. The Labute approximate surface area is 105 Å². The SMILES string of the molecule is O=C1C=C(Cc2csc3ccccc23)CCC1. The summed E-state index contributed by atoms with van der Waals surface area (Å²) in [5.74, 6) is 0.297. The van der Waals surface area contributed by atoms with Gasteiger partial charge in [0.1, 0.15) is 0 Å². The van der Waals surface area contributed by atoms with Crippen LogP contribution in [-0.2, 0) is 11.2 Å². The van der Waals surface area contributed by atoms with E-state index in [0.29, 0.717) is 5.78 Å². The molecule has 0 N–H and O–H groups in total. The van der Waals surface area contributed by atoms with E-state index in [-0.39, 0.29) is 0 Å². The Morgan fingerprint density at radius 1 is 1.18 bits per heavy atom. The number of carbonyl (C=O) groups excluding carboxylic acids is 1. The van der Waals surface area contributed by atoms with Crippen molar-refractivity contribution >= 4 is 27.2 Å². The molecule has 2 heteroatoms. The summed E-state index contributed by atoms with van der Waals surface area (Å²) >= 11 is 1.79. The summed E-state index contributed by atoms with van der Waals surface area (Å²) in [4.78, 5) is 11.4. The minimum Gasteiger partial charge on any atom is -0.295 e. The number of fused-ring (bicyclic) bond motifs is 1. The van der Waals surface area contributed by atoms with Gasteiger partial charge in [-0.25, -0.2) is 0 Å². The van der Waals surface area contributed by atoms with Crippen molar-refractivity contribution in [3.8, 4) is 0 Å². The second kappa shape index (κ2) is 4.46. The molecule has 1 nitrogen and oxygen atoms in total. The zero-order valence-electron chi connectivity index (χ0n) is 9.61. The Bertz CT molecular complexity index is 592. The van der Waals surface area contributed by atoms with Gasteiger partial charge in [-0.15, -0.1) is 11.3 Å². The number of rotatable bonds is 2. The van der Waals surface area contributed by atoms with E-state index in [9.17, 15) is 4.79 Å². The molecule has 86 valence electrons. The fourth-order valence-corrected chi connectivity index (χ4v) is 3.38. The van der Waals surface area contributed by atoms with E-state index in [4.69, 9.17) is 0 Å². The molecule has 0 aliphatic heterocycles. The minimum absolute atomic E-state index is 0.297. The molecule has 0 fully saturated rings. The zero-order valence-corrected chi connectivity index (χ0v) is 10.4. The summed E-state index contributed by atoms with van der Waals surface area (Å²) in [6.07, 6.45) is 5.63. The zero-order chi connectivity index (χ0) is 11.7. The molecule has 3 rings (SSSR count). The molecule has 0 amide bonds. The van der Waals surface area contributed by atoms with Crippen LogP contribution in [0.15, 0.2) is 41.3 Å². The minimum atomic E-state index is 0.297. The Morgan fingerprint density at radius 2 is 2.06 bits per heavy atom. The Hall–Kier alpha value is -1.41. The topological polar surface area (TPSA) is 17.1 Å². The summed E-state index contributed by atoms with van der Waals surface area (Å²) in [5.41, 5.74) is 2.66. The molecule has 0 saturated heterocycles. The first-order valence-electron chi connectivity index (χ1n) is 6.00. The van der Waals surface area contributed by atoms with Crippen LogP contribution in [0.25, 0.3) is 10.1 Å². The molecule has 1 aromatic heterocycles. The number of hydrogen-bond donors (Lipinski definition) is 0. The molecule has 17 heavy (non-hydrogen) atoms. The van der Waals surface area contributed by atoms with Crippen molar-refractivity contribution in [1.29, 1.82) is 0 Å². The molecule has 1 heterocycles. The van der Waals surface area contributed by atoms with Crippen LogP contribution in [0.5, 0.6) is 0 Å². The third-order valence-corrected chi connectivity index (χ3v) is 4.28. The molecule has 0 radical (unpaired) electrons. The molecule has 0 bridgehead atoms. The van der Waals surface area contributed by atoms with Gasteiger partial charge in [-0.05, 0) is 47.7 Å². The van der Waals surface area contributed by atoms with Crippen LogP contribution in [0.4, 0.5) is 0 Å². The molecule has 1 aliphatic rings. The maximum Gasteiger partial charge on any atom is 0.155 e. The molecular weight excluding hydrogens is 228 g/mol. The van der Waals surface area contributed by atoms with Crippen molar-refractivity contribution in [1.82, 2.24) is 0 Å². The smallest absolute Gasteiger partial charge is 0.155 e. The summed E-state index contributed by atoms with van der Waals surface area (Å²) in [5, 5.41) is 3.57. The first-order valence-corrected chi connectivity index (χ1v) is 6.88. The van der Waals surface area contributed by atoms with Gasteiger partial charge in [-0.2, -0.15) is 0 Å². The molecule has 1 aliphatic carbocycles. The van der Waals surface area contributed by atoms with Gasteiger partial charge in [-0.1, -0.05) is 23.8 Å². The van der Waals surface area contributed by atoms with E-state index in [1.165, 1.54) is 21.2 Å². The van der Waals surface area contributed by atoms with Crippen LogP contribution >= 0.6 is 11.3 Å². The molecule has 0 unspecified atom stereocenters. The van der Waals surface area contributed by atoms with Gasteiger partial charge in [0.2, 0.25) is 0 Å². The van der Waals surface area contributed by atoms with Crippen molar-refractivity contribution in [3.63, 3.8) is 0 Å². The number of ketones is 1. The van der Waals surface area contributed by atoms with Crippen molar-refractivity contribution in [2.24, 2.45) is 0 Å². The van der Waals surface area contributed by atoms with E-state index in [1.54, 1.807) is 11.3 Å². The van der Waals surface area contributed by atoms with E-state index in [1.807, 2.05) is 6.08 Å². The Balaban J connectivity index is 1.92. The van der Waals surface area contributed by atoms with E-state index < -0.39 is 0 Å². The van der Waals surface area contributed by atoms with Crippen LogP contribution < -0.4 is 0 Å². The highest BCUT2D eigenvalue weighted by molar-refractivity contribution is 7.17. The van der Waals surface area contributed by atoms with Gasteiger partial charge in [0.25, 0.3) is 0 Å². The lowest BCUT2D eigenvalue weighted by Crippen LogP contribution is -2.04. The Morgan fingerprint density at radius 3 is 2.94 bits per heavy atom. The van der Waals surface area contributed by atoms with Crippen LogP contribution in [0.2, 0.25) is 0 Å². The summed E-state index contributed by atoms with van der Waals surface area (Å²) in [6.45, 7) is 0. The van der Waals surface area contributed by atoms with E-state index in [0.717, 1.165) is 25.7 Å². The normalized spacial score (nSPS) is 16.2. The number of thiophene rings is 1. The number of benzene rings is 1. The number of hydrogen-bond acceptors (Lipinski definition) is 2. The second-order valence-electron chi connectivity index (χ2n) is 4.56. The van der Waals surface area contributed by atoms with Crippen molar-refractivity contribution in [3.05, 3.63) is 46.9 Å². The summed E-state index contributed by atoms with van der Waals surface area (Å²) in [7, 11) is 0. The average Bonchev–Trinajstić information content (AvgIpc) is 2.73. The van der Waals surface area contributed by atoms with Gasteiger partial charge in [0.15, 0.2) is 5.78 Å². The molecule has 0 spiro atoms. The fourth-order valence-electron chi connectivity index (χ4n) is 2.42. The van der Waals surface area contributed by atoms with Crippen LogP contribution in [-0.4, -0.2) is 5.78 Å². The van der Waals surface area contributed by atoms with Crippen molar-refractivity contribution < 1.29 is 4.79 Å². The Kier molecular flexibility index (Phi) is 2.81.